The van der Waals surface area contributed by atoms with Crippen LogP contribution in [0.4, 0.5) is 21.8 Å². The van der Waals surface area contributed by atoms with Crippen LogP contribution in [0.3, 0.4) is 0 Å². The third-order valence-electron chi connectivity index (χ3n) is 6.94. The number of rotatable bonds is 5. The minimum absolute atomic E-state index is 0.00169. The van der Waals surface area contributed by atoms with Crippen LogP contribution in [-0.2, 0) is 16.0 Å². The number of hydrogen-bond acceptors (Lipinski definition) is 10. The van der Waals surface area contributed by atoms with Crippen molar-refractivity contribution in [2.24, 2.45) is 11.1 Å². The second kappa shape index (κ2) is 12.1. The highest BCUT2D eigenvalue weighted by molar-refractivity contribution is 7.99. The van der Waals surface area contributed by atoms with E-state index < -0.39 is 17.9 Å². The molecule has 2 aliphatic rings. The molecule has 1 atom stereocenters. The largest absolute Gasteiger partial charge is 0.478 e. The maximum atomic E-state index is 15.0. The van der Waals surface area contributed by atoms with E-state index in [0.29, 0.717) is 30.1 Å². The molecule has 0 radical (unpaired) electrons. The van der Waals surface area contributed by atoms with Gasteiger partial charge in [0.25, 0.3) is 5.95 Å². The molecule has 0 amide bonds. The fourth-order valence-electron chi connectivity index (χ4n) is 4.92. The van der Waals surface area contributed by atoms with Crippen molar-refractivity contribution in [3.05, 3.63) is 70.8 Å². The van der Waals surface area contributed by atoms with Crippen LogP contribution in [0, 0.1) is 11.4 Å². The van der Waals surface area contributed by atoms with Gasteiger partial charge in [-0.05, 0) is 41.9 Å². The van der Waals surface area contributed by atoms with Crippen LogP contribution in [-0.4, -0.2) is 50.2 Å². The number of aromatic nitrogens is 3. The Morgan fingerprint density at radius 2 is 1.73 bits per heavy atom. The molecule has 1 aliphatic heterocycles. The van der Waals surface area contributed by atoms with E-state index in [1.54, 1.807) is 6.07 Å². The number of benzene rings is 1. The quantitative estimate of drug-likeness (QED) is 0.273. The number of nitrogen functional groups attached to an aromatic ring is 2. The van der Waals surface area contributed by atoms with Gasteiger partial charge in [0.2, 0.25) is 0 Å². The predicted molar refractivity (Wildman–Crippen MR) is 150 cm³/mol. The Bertz CT molecular complexity index is 1450. The molecule has 1 fully saturated rings. The van der Waals surface area contributed by atoms with Crippen LogP contribution in [0.1, 0.15) is 30.0 Å². The standard InChI is InChI=1S/C22H23ClFN7S.C4H4O4/c23-15-14(5-8-28-18(15)26)32-21-19(27)30-20(17(24)29-21)31-9-6-22(7-10-31)11-12-3-1-2-4-13(12)16(22)25;5-3(6)1-2-4(7)8/h1-5,8,16H,6-7,9-11,25H2,(H2,26,28)(H2,27,30);1-2H,(H,5,6)(H,7,8)/b;2-1+. The summed E-state index contributed by atoms with van der Waals surface area (Å²) in [6.07, 6.45) is 5.30. The van der Waals surface area contributed by atoms with Crippen molar-refractivity contribution < 1.29 is 24.2 Å². The average molecular weight is 588 g/mol. The minimum atomic E-state index is -1.26. The Balaban J connectivity index is 0.000000406. The number of nitrogens with zero attached hydrogens (tertiary/aromatic N) is 4. The van der Waals surface area contributed by atoms with Crippen molar-refractivity contribution in [1.29, 1.82) is 0 Å². The van der Waals surface area contributed by atoms with E-state index in [1.807, 2.05) is 11.0 Å². The van der Waals surface area contributed by atoms with Gasteiger partial charge in [-0.15, -0.1) is 0 Å². The average Bonchev–Trinajstić information content (AvgIpc) is 3.19. The molecule has 210 valence electrons. The van der Waals surface area contributed by atoms with Gasteiger partial charge >= 0.3 is 11.9 Å². The van der Waals surface area contributed by atoms with E-state index in [1.165, 1.54) is 17.3 Å². The number of piperidine rings is 1. The number of fused-ring (bicyclic) bond motifs is 1. The van der Waals surface area contributed by atoms with Crippen molar-refractivity contribution in [1.82, 2.24) is 15.0 Å². The first-order chi connectivity index (χ1) is 19.0. The molecule has 1 aliphatic carbocycles. The molecule has 2 aromatic heterocycles. The van der Waals surface area contributed by atoms with Gasteiger partial charge in [-0.1, -0.05) is 47.6 Å². The minimum Gasteiger partial charge on any atom is -0.478 e. The highest BCUT2D eigenvalue weighted by atomic mass is 35.5. The van der Waals surface area contributed by atoms with Gasteiger partial charge in [-0.2, -0.15) is 4.39 Å². The number of halogens is 2. The van der Waals surface area contributed by atoms with Crippen molar-refractivity contribution in [3.63, 3.8) is 0 Å². The van der Waals surface area contributed by atoms with Gasteiger partial charge in [-0.25, -0.2) is 24.5 Å². The zero-order valence-electron chi connectivity index (χ0n) is 21.1. The molecule has 11 nitrogen and oxygen atoms in total. The number of carbonyl (C=O) groups is 2. The molecule has 0 bridgehead atoms. The number of hydrogen-bond donors (Lipinski definition) is 5. The monoisotopic (exact) mass is 587 g/mol. The van der Waals surface area contributed by atoms with Gasteiger partial charge in [0.1, 0.15) is 10.8 Å². The first kappa shape index (κ1) is 29.1. The third kappa shape index (κ3) is 6.27. The Labute approximate surface area is 238 Å². The molecule has 1 unspecified atom stereocenters. The summed E-state index contributed by atoms with van der Waals surface area (Å²) < 4.78 is 15.0. The Hall–Kier alpha value is -3.94. The van der Waals surface area contributed by atoms with Crippen LogP contribution in [0.2, 0.25) is 5.02 Å². The molecule has 3 aromatic rings. The van der Waals surface area contributed by atoms with Crippen LogP contribution >= 0.6 is 23.4 Å². The van der Waals surface area contributed by atoms with Gasteiger partial charge in [0.15, 0.2) is 11.6 Å². The summed E-state index contributed by atoms with van der Waals surface area (Å²) >= 11 is 7.29. The van der Waals surface area contributed by atoms with E-state index in [2.05, 4.69) is 33.2 Å². The zero-order chi connectivity index (χ0) is 29.0. The van der Waals surface area contributed by atoms with Gasteiger partial charge < -0.3 is 32.3 Å². The van der Waals surface area contributed by atoms with E-state index in [-0.39, 0.29) is 39.0 Å². The molecule has 8 N–H and O–H groups in total. The summed E-state index contributed by atoms with van der Waals surface area (Å²) in [6, 6.07) is 10.0. The second-order valence-corrected chi connectivity index (χ2v) is 10.8. The molecule has 1 saturated heterocycles. The highest BCUT2D eigenvalue weighted by Crippen LogP contribution is 2.51. The lowest BCUT2D eigenvalue weighted by Crippen LogP contribution is -2.45. The van der Waals surface area contributed by atoms with Gasteiger partial charge in [0, 0.05) is 42.4 Å². The normalized spacial score (nSPS) is 17.4. The summed E-state index contributed by atoms with van der Waals surface area (Å²) in [4.78, 5) is 33.9. The first-order valence-electron chi connectivity index (χ1n) is 12.1. The summed E-state index contributed by atoms with van der Waals surface area (Å²) in [5.41, 5.74) is 21.1. The SMILES string of the molecule is Nc1nc(N2CCC3(CC2)Cc2ccccc2C3N)c(F)nc1Sc1ccnc(N)c1Cl.O=C(O)/C=C/C(=O)O. The lowest BCUT2D eigenvalue weighted by atomic mass is 9.73. The number of nitrogens with two attached hydrogens (primary N) is 3. The van der Waals surface area contributed by atoms with E-state index in [4.69, 9.17) is 39.0 Å². The van der Waals surface area contributed by atoms with Gasteiger partial charge in [-0.3, -0.25) is 0 Å². The van der Waals surface area contributed by atoms with Crippen molar-refractivity contribution >= 4 is 52.8 Å². The number of pyridine rings is 1. The third-order valence-corrected chi connectivity index (χ3v) is 8.50. The number of carboxylic acids is 2. The molecule has 14 heteroatoms. The second-order valence-electron chi connectivity index (χ2n) is 9.35. The topological polar surface area (TPSA) is 195 Å². The molecular formula is C26H27ClFN7O4S. The summed E-state index contributed by atoms with van der Waals surface area (Å²) in [7, 11) is 0. The number of aliphatic carboxylic acids is 2. The maximum absolute atomic E-state index is 15.0. The van der Waals surface area contributed by atoms with Crippen molar-refractivity contribution in [3.8, 4) is 0 Å². The van der Waals surface area contributed by atoms with E-state index >= 15 is 0 Å². The molecular weight excluding hydrogens is 561 g/mol. The lowest BCUT2D eigenvalue weighted by molar-refractivity contribution is -0.134. The number of carboxylic acid groups (broad SMARTS) is 2. The zero-order valence-corrected chi connectivity index (χ0v) is 22.7. The summed E-state index contributed by atoms with van der Waals surface area (Å²) in [6.45, 7) is 1.29. The lowest BCUT2D eigenvalue weighted by Gasteiger charge is -2.42. The maximum Gasteiger partial charge on any atom is 0.328 e. The van der Waals surface area contributed by atoms with Crippen LogP contribution in [0.25, 0.3) is 0 Å². The van der Waals surface area contributed by atoms with Gasteiger partial charge in [0.05, 0.1) is 5.02 Å². The van der Waals surface area contributed by atoms with E-state index in [0.717, 1.165) is 31.0 Å². The smallest absolute Gasteiger partial charge is 0.328 e. The van der Waals surface area contributed by atoms with E-state index in [9.17, 15) is 14.0 Å². The Morgan fingerprint density at radius 1 is 1.07 bits per heavy atom. The molecule has 1 aromatic carbocycles. The molecule has 1 spiro atoms. The highest BCUT2D eigenvalue weighted by Gasteiger charge is 2.46. The van der Waals surface area contributed by atoms with Crippen molar-refractivity contribution in [2.45, 2.75) is 35.2 Å². The molecule has 0 saturated carbocycles. The predicted octanol–water partition coefficient (Wildman–Crippen LogP) is 3.53. The molecule has 40 heavy (non-hydrogen) atoms. The summed E-state index contributed by atoms with van der Waals surface area (Å²) in [5.74, 6) is -2.67. The Kier molecular flexibility index (Phi) is 8.76. The summed E-state index contributed by atoms with van der Waals surface area (Å²) in [5, 5.41) is 16.1. The Morgan fingerprint density at radius 3 is 2.35 bits per heavy atom. The van der Waals surface area contributed by atoms with Crippen LogP contribution < -0.4 is 22.1 Å². The fraction of sp³-hybridized carbons (Fsp3) is 0.269. The van der Waals surface area contributed by atoms with Crippen molar-refractivity contribution in [2.75, 3.05) is 29.5 Å². The van der Waals surface area contributed by atoms with Crippen LogP contribution in [0.15, 0.2) is 58.6 Å². The molecule has 5 rings (SSSR count). The fourth-order valence-corrected chi connectivity index (χ4v) is 5.95. The number of anilines is 3. The molecule has 3 heterocycles. The van der Waals surface area contributed by atoms with Crippen LogP contribution in [0.5, 0.6) is 0 Å². The first-order valence-corrected chi connectivity index (χ1v) is 13.3.